The van der Waals surface area contributed by atoms with Crippen molar-refractivity contribution >= 4 is 17.9 Å². The molecular formula is C37H45N3O5. The number of carbonyl (C=O) groups is 2. The molecule has 3 heterocycles. The van der Waals surface area contributed by atoms with Gasteiger partial charge in [-0.3, -0.25) is 4.79 Å². The Morgan fingerprint density at radius 1 is 1.07 bits per heavy atom. The van der Waals surface area contributed by atoms with Crippen LogP contribution >= 0.6 is 0 Å². The highest BCUT2D eigenvalue weighted by Gasteiger charge is 2.63. The van der Waals surface area contributed by atoms with Gasteiger partial charge in [0.1, 0.15) is 23.8 Å². The fraction of sp³-hybridized carbons (Fsp3) is 0.486. The average Bonchev–Trinajstić information content (AvgIpc) is 3.76. The molecule has 2 atom stereocenters. The summed E-state index contributed by atoms with van der Waals surface area (Å²) in [6.45, 7) is 15.5. The van der Waals surface area contributed by atoms with E-state index in [0.29, 0.717) is 32.2 Å². The molecule has 238 valence electrons. The number of rotatable bonds is 7. The highest BCUT2D eigenvalue weighted by Crippen LogP contribution is 2.59. The van der Waals surface area contributed by atoms with Gasteiger partial charge in [-0.2, -0.15) is 0 Å². The topological polar surface area (TPSA) is 81.2 Å². The van der Waals surface area contributed by atoms with E-state index in [1.807, 2.05) is 39.8 Å². The van der Waals surface area contributed by atoms with E-state index in [-0.39, 0.29) is 17.5 Å². The lowest BCUT2D eigenvalue weighted by atomic mass is 9.92. The molecule has 1 amide bonds. The number of benzene rings is 2. The quantitative estimate of drug-likeness (QED) is 0.266. The first-order chi connectivity index (χ1) is 21.5. The Morgan fingerprint density at radius 3 is 2.64 bits per heavy atom. The lowest BCUT2D eigenvalue weighted by Crippen LogP contribution is -2.40. The number of piperidine rings is 1. The number of aryl methyl sites for hydroxylation is 1. The van der Waals surface area contributed by atoms with Crippen molar-refractivity contribution in [1.29, 1.82) is 0 Å². The molecule has 2 aromatic carbocycles. The molecule has 8 heteroatoms. The number of hydrogen-bond acceptors (Lipinski definition) is 7. The van der Waals surface area contributed by atoms with Gasteiger partial charge in [-0.15, -0.1) is 0 Å². The van der Waals surface area contributed by atoms with Crippen molar-refractivity contribution in [3.05, 3.63) is 76.3 Å². The van der Waals surface area contributed by atoms with E-state index in [0.717, 1.165) is 71.9 Å². The van der Waals surface area contributed by atoms with Gasteiger partial charge in [-0.05, 0) is 113 Å². The molecule has 0 unspecified atom stereocenters. The van der Waals surface area contributed by atoms with Crippen LogP contribution in [0.5, 0.6) is 5.75 Å². The van der Waals surface area contributed by atoms with Crippen LogP contribution in [0.3, 0.4) is 0 Å². The second-order valence-corrected chi connectivity index (χ2v) is 13.8. The van der Waals surface area contributed by atoms with Gasteiger partial charge >= 0.3 is 12.1 Å². The van der Waals surface area contributed by atoms with Crippen molar-refractivity contribution in [3.8, 4) is 17.0 Å². The summed E-state index contributed by atoms with van der Waals surface area (Å²) in [6.07, 6.45) is 2.24. The fourth-order valence-electron chi connectivity index (χ4n) is 6.86. The predicted molar refractivity (Wildman–Crippen MR) is 174 cm³/mol. The normalized spacial score (nSPS) is 20.6. The number of amides is 1. The lowest BCUT2D eigenvalue weighted by Gasteiger charge is -2.32. The summed E-state index contributed by atoms with van der Waals surface area (Å²) >= 11 is 0. The zero-order valence-electron chi connectivity index (χ0n) is 27.4. The predicted octanol–water partition coefficient (Wildman–Crippen LogP) is 7.02. The summed E-state index contributed by atoms with van der Waals surface area (Å²) in [5, 5.41) is 0. The van der Waals surface area contributed by atoms with Crippen molar-refractivity contribution in [2.45, 2.75) is 79.6 Å². The smallest absolute Gasteiger partial charge is 0.410 e. The van der Waals surface area contributed by atoms with Gasteiger partial charge in [-0.25, -0.2) is 9.78 Å². The van der Waals surface area contributed by atoms with Crippen LogP contribution in [0, 0.1) is 25.2 Å². The highest BCUT2D eigenvalue weighted by atomic mass is 16.6. The van der Waals surface area contributed by atoms with E-state index in [1.165, 1.54) is 11.1 Å². The van der Waals surface area contributed by atoms with E-state index < -0.39 is 5.60 Å². The molecule has 0 N–H and O–H groups in total. The van der Waals surface area contributed by atoms with Crippen LogP contribution in [-0.4, -0.2) is 53.8 Å². The van der Waals surface area contributed by atoms with Crippen LogP contribution < -0.4 is 9.64 Å². The Balaban J connectivity index is 1.16. The molecule has 6 rings (SSSR count). The Hall–Kier alpha value is -4.07. The minimum Gasteiger partial charge on any atom is -0.488 e. The molecule has 1 saturated carbocycles. The van der Waals surface area contributed by atoms with Gasteiger partial charge in [0.05, 0.1) is 17.7 Å². The molecule has 45 heavy (non-hydrogen) atoms. The van der Waals surface area contributed by atoms with Crippen LogP contribution in [-0.2, 0) is 33.8 Å². The van der Waals surface area contributed by atoms with E-state index in [2.05, 4.69) is 55.1 Å². The SMILES string of the molecule is CCOC(=O)[C@@]12CCN(c3cccc(-c4cc(C)ccc4OCc4ccc5c(c4C)CCN(C(=O)OC(C)(C)C)C5)n3)C[C@@H]1C2. The van der Waals surface area contributed by atoms with Crippen LogP contribution in [0.25, 0.3) is 11.3 Å². The van der Waals surface area contributed by atoms with Crippen molar-refractivity contribution in [2.75, 3.05) is 31.1 Å². The number of aromatic nitrogens is 1. The first-order valence-electron chi connectivity index (χ1n) is 16.2. The van der Waals surface area contributed by atoms with E-state index in [1.54, 1.807) is 4.90 Å². The third-order valence-corrected chi connectivity index (χ3v) is 9.49. The number of esters is 1. The summed E-state index contributed by atoms with van der Waals surface area (Å²) in [4.78, 5) is 34.4. The number of fused-ring (bicyclic) bond motifs is 2. The van der Waals surface area contributed by atoms with Gasteiger partial charge in [0.15, 0.2) is 0 Å². The molecule has 8 nitrogen and oxygen atoms in total. The zero-order valence-corrected chi connectivity index (χ0v) is 27.4. The molecule has 2 fully saturated rings. The third kappa shape index (κ3) is 6.37. The Morgan fingerprint density at radius 2 is 1.89 bits per heavy atom. The molecule has 0 spiro atoms. The van der Waals surface area contributed by atoms with Crippen LogP contribution in [0.15, 0.2) is 48.5 Å². The molecule has 3 aliphatic rings. The number of ether oxygens (including phenoxy) is 3. The molecule has 0 radical (unpaired) electrons. The number of anilines is 1. The summed E-state index contributed by atoms with van der Waals surface area (Å²) in [6, 6.07) is 16.6. The standard InChI is InChI=1S/C37H45N3O5/c1-7-43-34(41)37-16-18-39(22-28(37)20-37)33-10-8-9-31(38-33)30-19-24(2)11-14-32(30)44-23-27-13-12-26-21-40(17-15-29(26)25(27)3)35(42)45-36(4,5)6/h8-14,19,28H,7,15-18,20-23H2,1-6H3/t28-,37+/m0/s1. The van der Waals surface area contributed by atoms with Gasteiger partial charge in [-0.1, -0.05) is 29.8 Å². The van der Waals surface area contributed by atoms with E-state index in [9.17, 15) is 9.59 Å². The summed E-state index contributed by atoms with van der Waals surface area (Å²) in [5.41, 5.74) is 6.98. The Labute approximate surface area is 266 Å². The molecular weight excluding hydrogens is 566 g/mol. The third-order valence-electron chi connectivity index (χ3n) is 9.49. The molecule has 0 bridgehead atoms. The van der Waals surface area contributed by atoms with Gasteiger partial charge in [0.25, 0.3) is 0 Å². The largest absolute Gasteiger partial charge is 0.488 e. The molecule has 1 aliphatic carbocycles. The molecule has 2 aliphatic heterocycles. The number of pyridine rings is 1. The summed E-state index contributed by atoms with van der Waals surface area (Å²) < 4.78 is 17.5. The maximum absolute atomic E-state index is 12.7. The number of hydrogen-bond donors (Lipinski definition) is 0. The Kier molecular flexibility index (Phi) is 8.27. The molecule has 1 aromatic heterocycles. The summed E-state index contributed by atoms with van der Waals surface area (Å²) in [5.74, 6) is 2.01. The second-order valence-electron chi connectivity index (χ2n) is 13.8. The van der Waals surface area contributed by atoms with E-state index in [4.69, 9.17) is 19.2 Å². The lowest BCUT2D eigenvalue weighted by molar-refractivity contribution is -0.150. The maximum atomic E-state index is 12.7. The van der Waals surface area contributed by atoms with Crippen LogP contribution in [0.4, 0.5) is 10.6 Å². The van der Waals surface area contributed by atoms with Crippen molar-refractivity contribution in [3.63, 3.8) is 0 Å². The zero-order chi connectivity index (χ0) is 31.9. The van der Waals surface area contributed by atoms with Gasteiger partial charge in [0, 0.05) is 31.7 Å². The molecule has 1 saturated heterocycles. The first-order valence-corrected chi connectivity index (χ1v) is 16.2. The fourth-order valence-corrected chi connectivity index (χ4v) is 6.86. The van der Waals surface area contributed by atoms with Gasteiger partial charge in [0.2, 0.25) is 0 Å². The van der Waals surface area contributed by atoms with Gasteiger partial charge < -0.3 is 24.0 Å². The highest BCUT2D eigenvalue weighted by molar-refractivity contribution is 5.81. The van der Waals surface area contributed by atoms with Crippen molar-refractivity contribution in [2.24, 2.45) is 11.3 Å². The van der Waals surface area contributed by atoms with Crippen molar-refractivity contribution in [1.82, 2.24) is 9.88 Å². The van der Waals surface area contributed by atoms with E-state index >= 15 is 0 Å². The minimum absolute atomic E-state index is 0.0325. The van der Waals surface area contributed by atoms with Crippen LogP contribution in [0.2, 0.25) is 0 Å². The number of nitrogens with zero attached hydrogens (tertiary/aromatic N) is 3. The second kappa shape index (κ2) is 12.0. The first kappa shape index (κ1) is 30.9. The average molecular weight is 612 g/mol. The summed E-state index contributed by atoms with van der Waals surface area (Å²) in [7, 11) is 0. The monoisotopic (exact) mass is 611 g/mol. The Bertz CT molecular complexity index is 1610. The number of carbonyl (C=O) groups excluding carboxylic acids is 2. The minimum atomic E-state index is -0.511. The van der Waals surface area contributed by atoms with Crippen LogP contribution in [0.1, 0.15) is 68.4 Å². The molecule has 3 aromatic rings. The van der Waals surface area contributed by atoms with Crippen molar-refractivity contribution < 1.29 is 23.8 Å². The maximum Gasteiger partial charge on any atom is 0.410 e.